The maximum atomic E-state index is 12.1. The van der Waals surface area contributed by atoms with E-state index in [9.17, 15) is 9.59 Å². The number of aryl methyl sites for hydroxylation is 1. The molecule has 0 bridgehead atoms. The summed E-state index contributed by atoms with van der Waals surface area (Å²) in [6.45, 7) is 2.61. The van der Waals surface area contributed by atoms with Gasteiger partial charge in [-0.3, -0.25) is 4.79 Å². The first kappa shape index (κ1) is 14.9. The molecule has 1 atom stereocenters. The van der Waals surface area contributed by atoms with Crippen LogP contribution in [0.15, 0.2) is 29.2 Å². The number of rotatable bonds is 5. The lowest BCUT2D eigenvalue weighted by Crippen LogP contribution is -2.40. The molecule has 1 heterocycles. The van der Waals surface area contributed by atoms with E-state index in [0.717, 1.165) is 11.3 Å². The van der Waals surface area contributed by atoms with Gasteiger partial charge in [0.25, 0.3) is 0 Å². The standard InChI is InChI=1S/C15H19NO3S/c1-11-4-6-12(7-5-11)20-10-8-14(17)16-9-2-3-13(16)15(18)19/h4-7,13H,2-3,8-10H2,1H3,(H,18,19)/t13-/m1/s1. The molecule has 1 saturated heterocycles. The van der Waals surface area contributed by atoms with Crippen LogP contribution in [0.25, 0.3) is 0 Å². The number of carbonyl (C=O) groups excluding carboxylic acids is 1. The molecule has 2 rings (SSSR count). The molecular formula is C15H19NO3S. The van der Waals surface area contributed by atoms with Gasteiger partial charge in [-0.1, -0.05) is 17.7 Å². The molecule has 1 amide bonds. The van der Waals surface area contributed by atoms with Crippen molar-refractivity contribution in [1.29, 1.82) is 0 Å². The predicted octanol–water partition coefficient (Wildman–Crippen LogP) is 2.55. The quantitative estimate of drug-likeness (QED) is 0.848. The number of amides is 1. The molecule has 1 N–H and O–H groups in total. The fourth-order valence-electron chi connectivity index (χ4n) is 2.36. The van der Waals surface area contributed by atoms with Gasteiger partial charge in [0.05, 0.1) is 0 Å². The third kappa shape index (κ3) is 3.76. The molecular weight excluding hydrogens is 274 g/mol. The van der Waals surface area contributed by atoms with E-state index < -0.39 is 12.0 Å². The highest BCUT2D eigenvalue weighted by Gasteiger charge is 2.33. The van der Waals surface area contributed by atoms with Crippen LogP contribution in [0.3, 0.4) is 0 Å². The second-order valence-corrected chi connectivity index (χ2v) is 6.16. The van der Waals surface area contributed by atoms with Crippen LogP contribution >= 0.6 is 11.8 Å². The molecule has 0 unspecified atom stereocenters. The number of hydrogen-bond acceptors (Lipinski definition) is 3. The molecule has 4 nitrogen and oxygen atoms in total. The van der Waals surface area contributed by atoms with E-state index in [-0.39, 0.29) is 5.91 Å². The minimum atomic E-state index is -0.887. The minimum absolute atomic E-state index is 0.0467. The van der Waals surface area contributed by atoms with Crippen LogP contribution < -0.4 is 0 Å². The fraction of sp³-hybridized carbons (Fsp3) is 0.467. The van der Waals surface area contributed by atoms with E-state index in [1.807, 2.05) is 31.2 Å². The molecule has 0 aliphatic carbocycles. The third-order valence-corrected chi connectivity index (χ3v) is 4.48. The normalized spacial score (nSPS) is 18.2. The van der Waals surface area contributed by atoms with Crippen LogP contribution in [0, 0.1) is 6.92 Å². The molecule has 1 fully saturated rings. The minimum Gasteiger partial charge on any atom is -0.480 e. The molecule has 1 aromatic carbocycles. The Morgan fingerprint density at radius 3 is 2.70 bits per heavy atom. The Morgan fingerprint density at radius 2 is 2.05 bits per heavy atom. The van der Waals surface area contributed by atoms with Crippen LogP contribution in [0.2, 0.25) is 0 Å². The Kier molecular flexibility index (Phi) is 5.06. The first-order valence-electron chi connectivity index (χ1n) is 6.79. The fourth-order valence-corrected chi connectivity index (χ4v) is 3.20. The summed E-state index contributed by atoms with van der Waals surface area (Å²) in [7, 11) is 0. The van der Waals surface area contributed by atoms with Crippen LogP contribution in [-0.4, -0.2) is 40.2 Å². The van der Waals surface area contributed by atoms with E-state index >= 15 is 0 Å². The number of likely N-dealkylation sites (tertiary alicyclic amines) is 1. The van der Waals surface area contributed by atoms with Gasteiger partial charge in [-0.25, -0.2) is 4.79 Å². The Morgan fingerprint density at radius 1 is 1.35 bits per heavy atom. The van der Waals surface area contributed by atoms with Gasteiger partial charge in [0.15, 0.2) is 0 Å². The van der Waals surface area contributed by atoms with E-state index in [0.29, 0.717) is 25.1 Å². The zero-order valence-electron chi connectivity index (χ0n) is 11.5. The summed E-state index contributed by atoms with van der Waals surface area (Å²) in [5.74, 6) is -0.248. The number of carboxylic acid groups (broad SMARTS) is 1. The molecule has 0 saturated carbocycles. The molecule has 20 heavy (non-hydrogen) atoms. The van der Waals surface area contributed by atoms with E-state index in [1.54, 1.807) is 11.8 Å². The average Bonchev–Trinajstić information content (AvgIpc) is 2.90. The molecule has 1 aromatic rings. The maximum Gasteiger partial charge on any atom is 0.326 e. The Balaban J connectivity index is 1.80. The highest BCUT2D eigenvalue weighted by atomic mass is 32.2. The van der Waals surface area contributed by atoms with Crippen molar-refractivity contribution in [3.8, 4) is 0 Å². The van der Waals surface area contributed by atoms with E-state index in [4.69, 9.17) is 5.11 Å². The number of carbonyl (C=O) groups is 2. The second-order valence-electron chi connectivity index (χ2n) is 4.99. The summed E-state index contributed by atoms with van der Waals surface area (Å²) >= 11 is 1.63. The van der Waals surface area contributed by atoms with Crippen LogP contribution in [-0.2, 0) is 9.59 Å². The van der Waals surface area contributed by atoms with Gasteiger partial charge in [0.2, 0.25) is 5.91 Å². The average molecular weight is 293 g/mol. The van der Waals surface area contributed by atoms with Gasteiger partial charge >= 0.3 is 5.97 Å². The summed E-state index contributed by atoms with van der Waals surface area (Å²) < 4.78 is 0. The van der Waals surface area contributed by atoms with E-state index in [2.05, 4.69) is 0 Å². The van der Waals surface area contributed by atoms with Crippen LogP contribution in [0.1, 0.15) is 24.8 Å². The monoisotopic (exact) mass is 293 g/mol. The van der Waals surface area contributed by atoms with Crippen molar-refractivity contribution in [2.75, 3.05) is 12.3 Å². The lowest BCUT2D eigenvalue weighted by molar-refractivity contribution is -0.148. The molecule has 0 aromatic heterocycles. The number of hydrogen-bond donors (Lipinski definition) is 1. The molecule has 1 aliphatic heterocycles. The first-order valence-corrected chi connectivity index (χ1v) is 7.78. The zero-order chi connectivity index (χ0) is 14.5. The number of aliphatic carboxylic acids is 1. The van der Waals surface area contributed by atoms with Crippen molar-refractivity contribution < 1.29 is 14.7 Å². The van der Waals surface area contributed by atoms with Gasteiger partial charge in [-0.05, 0) is 31.9 Å². The van der Waals surface area contributed by atoms with Crippen molar-refractivity contribution >= 4 is 23.6 Å². The highest BCUT2D eigenvalue weighted by molar-refractivity contribution is 7.99. The lowest BCUT2D eigenvalue weighted by Gasteiger charge is -2.21. The number of benzene rings is 1. The van der Waals surface area contributed by atoms with Gasteiger partial charge < -0.3 is 10.0 Å². The predicted molar refractivity (Wildman–Crippen MR) is 78.9 cm³/mol. The largest absolute Gasteiger partial charge is 0.480 e. The zero-order valence-corrected chi connectivity index (χ0v) is 12.4. The number of thioether (sulfide) groups is 1. The van der Waals surface area contributed by atoms with E-state index in [1.165, 1.54) is 10.5 Å². The van der Waals surface area contributed by atoms with Crippen molar-refractivity contribution in [2.24, 2.45) is 0 Å². The summed E-state index contributed by atoms with van der Waals surface area (Å²) in [6, 6.07) is 7.56. The molecule has 1 aliphatic rings. The smallest absolute Gasteiger partial charge is 0.326 e. The number of nitrogens with zero attached hydrogens (tertiary/aromatic N) is 1. The SMILES string of the molecule is Cc1ccc(SCCC(=O)N2CCC[C@@H]2C(=O)O)cc1. The Hall–Kier alpha value is -1.49. The van der Waals surface area contributed by atoms with Crippen molar-refractivity contribution in [3.05, 3.63) is 29.8 Å². The first-order chi connectivity index (χ1) is 9.58. The summed E-state index contributed by atoms with van der Waals surface area (Å²) in [5, 5.41) is 9.06. The van der Waals surface area contributed by atoms with Gasteiger partial charge in [0.1, 0.15) is 6.04 Å². The molecule has 108 valence electrons. The third-order valence-electron chi connectivity index (χ3n) is 3.46. The van der Waals surface area contributed by atoms with Crippen molar-refractivity contribution in [1.82, 2.24) is 4.90 Å². The maximum absolute atomic E-state index is 12.1. The highest BCUT2D eigenvalue weighted by Crippen LogP contribution is 2.22. The molecule has 0 spiro atoms. The van der Waals surface area contributed by atoms with Gasteiger partial charge in [-0.15, -0.1) is 11.8 Å². The summed E-state index contributed by atoms with van der Waals surface area (Å²) in [5.41, 5.74) is 1.21. The summed E-state index contributed by atoms with van der Waals surface area (Å²) in [4.78, 5) is 25.7. The molecule has 5 heteroatoms. The second kappa shape index (κ2) is 6.79. The summed E-state index contributed by atoms with van der Waals surface area (Å²) in [6.07, 6.45) is 1.75. The Labute approximate surface area is 123 Å². The Bertz CT molecular complexity index is 486. The van der Waals surface area contributed by atoms with Crippen molar-refractivity contribution in [2.45, 2.75) is 37.1 Å². The lowest BCUT2D eigenvalue weighted by atomic mass is 10.2. The van der Waals surface area contributed by atoms with Crippen molar-refractivity contribution in [3.63, 3.8) is 0 Å². The van der Waals surface area contributed by atoms with Gasteiger partial charge in [-0.2, -0.15) is 0 Å². The van der Waals surface area contributed by atoms with Gasteiger partial charge in [0, 0.05) is 23.6 Å². The van der Waals surface area contributed by atoms with Crippen LogP contribution in [0.5, 0.6) is 0 Å². The number of carboxylic acids is 1. The van der Waals surface area contributed by atoms with Crippen LogP contribution in [0.4, 0.5) is 0 Å². The topological polar surface area (TPSA) is 57.6 Å². The molecule has 0 radical (unpaired) electrons.